The quantitative estimate of drug-likeness (QED) is 0.115. The van der Waals surface area contributed by atoms with Crippen LogP contribution in [0.4, 0.5) is 17.6 Å². The average Bonchev–Trinajstić information content (AvgIpc) is 3.33. The highest BCUT2D eigenvalue weighted by Gasteiger charge is 2.59. The predicted octanol–water partition coefficient (Wildman–Crippen LogP) is 14.2. The summed E-state index contributed by atoms with van der Waals surface area (Å²) in [6.07, 6.45) is 4.94. The first kappa shape index (κ1) is 68.8. The molecule has 18 heteroatoms. The summed E-state index contributed by atoms with van der Waals surface area (Å²) in [5.74, 6) is -5.22. The van der Waals surface area contributed by atoms with Crippen molar-refractivity contribution in [2.75, 3.05) is 66.6 Å². The molecule has 4 aliphatic heterocycles. The van der Waals surface area contributed by atoms with Crippen molar-refractivity contribution < 1.29 is 56.4 Å². The summed E-state index contributed by atoms with van der Waals surface area (Å²) in [6.45, 7) is 26.0. The van der Waals surface area contributed by atoms with E-state index in [9.17, 15) is 29.4 Å². The second-order valence-corrected chi connectivity index (χ2v) is 30.3. The first-order valence-corrected chi connectivity index (χ1v) is 31.5. The summed E-state index contributed by atoms with van der Waals surface area (Å²) < 4.78 is 72.5. The molecule has 4 heterocycles. The van der Waals surface area contributed by atoms with Crippen LogP contribution in [0.5, 0.6) is 0 Å². The molecule has 4 saturated heterocycles. The molecule has 2 N–H and O–H groups in total. The van der Waals surface area contributed by atoms with Gasteiger partial charge in [-0.2, -0.15) is 0 Å². The minimum absolute atomic E-state index is 0.0547. The highest BCUT2D eigenvalue weighted by Crippen LogP contribution is 2.48. The highest BCUT2D eigenvalue weighted by atomic mass is 79.9. The van der Waals surface area contributed by atoms with Crippen molar-refractivity contribution in [3.05, 3.63) is 139 Å². The number of ether oxygens (including phenoxy) is 2. The van der Waals surface area contributed by atoms with Crippen molar-refractivity contribution >= 4 is 55.7 Å². The summed E-state index contributed by atoms with van der Waals surface area (Å²) in [5.41, 5.74) is -3.49. The van der Waals surface area contributed by atoms with Gasteiger partial charge in [-0.25, -0.2) is 36.7 Å². The van der Waals surface area contributed by atoms with Gasteiger partial charge >= 0.3 is 23.9 Å². The number of hydrogen-bond donors (Lipinski definition) is 2. The number of carboxylic acid groups (broad SMARTS) is 2. The lowest BCUT2D eigenvalue weighted by Crippen LogP contribution is -2.45. The Hall–Kier alpha value is -4.72. The van der Waals surface area contributed by atoms with E-state index in [1.165, 1.54) is 51.0 Å². The van der Waals surface area contributed by atoms with Gasteiger partial charge in [-0.05, 0) is 178 Å². The molecular weight excluding hydrogens is 1240 g/mol. The number of methoxy groups -OCH3 is 2. The smallest absolute Gasteiger partial charge is 0.345 e. The van der Waals surface area contributed by atoms with Crippen molar-refractivity contribution in [2.24, 2.45) is 0 Å². The van der Waals surface area contributed by atoms with Gasteiger partial charge in [-0.15, -0.1) is 0 Å². The number of carbonyl (C=O) groups excluding carboxylic acids is 2. The molecule has 4 aromatic rings. The number of aliphatic carboxylic acids is 2. The van der Waals surface area contributed by atoms with Crippen molar-refractivity contribution in [3.63, 3.8) is 0 Å². The van der Waals surface area contributed by atoms with Gasteiger partial charge in [0.1, 0.15) is 0 Å². The molecule has 0 radical (unpaired) electrons. The molecule has 10 rings (SSSR count). The number of carbonyl (C=O) groups is 4. The Kier molecular flexibility index (Phi) is 20.8. The predicted molar refractivity (Wildman–Crippen MR) is 336 cm³/mol. The highest BCUT2D eigenvalue weighted by molar-refractivity contribution is 9.10. The van der Waals surface area contributed by atoms with Gasteiger partial charge in [0.05, 0.1) is 14.2 Å². The fourth-order valence-corrected chi connectivity index (χ4v) is 12.7. The standard InChI is InChI=1S/C19H26FNO2.C18H24FNO2.C16H21BrFNO2.C15H19BrFNO2/c1-18(2,3)21-11-16(19(20,12-21)17(22)23-4)15-9-7-14(8-10-15)13-5-6-13;1-17(2,3)20-10-15(18(19,11-20)16(21)22)14-8-6-13(7-9-14)12-4-5-12;1-15(2,3)19-9-13(11-5-7-12(17)8-6-11)16(18,10-19)14(20)21-4;1-14(2,3)18-8-12(15(17,9-18)13(19)20)10-4-6-11(16)7-5-10/h7-10,13,16H,5-6,11-12H2,1-4H3;6-9,12,15H,4-5,10-11H2,1-3H3,(H,21,22);5-8,13H,9-10H2,1-4H3;4-7,12H,8-9H2,1-3H3,(H,19,20)/t16-,19-;15-,18-;13-,16-;12-,15-/m0000/s1. The van der Waals surface area contributed by atoms with E-state index >= 15 is 17.6 Å². The molecule has 0 bridgehead atoms. The fourth-order valence-electron chi connectivity index (χ4n) is 12.2. The SMILES string of the molecule is CC(C)(C)N1C[C@@H](c2ccc(Br)cc2)[C@](F)(C(=O)O)C1.CC(C)(C)N1C[C@@H](c2ccc(C3CC3)cc2)[C@](F)(C(=O)O)C1.COC(=O)[C@]1(F)CN(C(C)(C)C)C[C@H]1c1ccc(Br)cc1.COC(=O)[C@]1(F)CN(C(C)(C)C)C[C@H]1c1ccc(C2CC2)cc1. The van der Waals surface area contributed by atoms with Crippen LogP contribution < -0.4 is 0 Å². The van der Waals surface area contributed by atoms with Gasteiger partial charge in [-0.1, -0.05) is 105 Å². The molecule has 4 aromatic carbocycles. The van der Waals surface area contributed by atoms with Gasteiger partial charge in [0.2, 0.25) is 22.7 Å². The maximum absolute atomic E-state index is 15.6. The van der Waals surface area contributed by atoms with Crippen molar-refractivity contribution in [1.29, 1.82) is 0 Å². The second kappa shape index (κ2) is 26.0. The number of esters is 2. The Morgan fingerprint density at radius 2 is 0.593 bits per heavy atom. The molecule has 472 valence electrons. The molecule has 0 spiro atoms. The third-order valence-corrected chi connectivity index (χ3v) is 19.4. The summed E-state index contributed by atoms with van der Waals surface area (Å²) in [5, 5.41) is 18.8. The number of likely N-dealkylation sites (tertiary alicyclic amines) is 4. The van der Waals surface area contributed by atoms with Gasteiger partial charge in [-0.3, -0.25) is 19.6 Å². The minimum atomic E-state index is -2.24. The molecule has 86 heavy (non-hydrogen) atoms. The number of rotatable bonds is 10. The number of alkyl halides is 4. The number of carboxylic acids is 2. The monoisotopic (exact) mass is 1320 g/mol. The summed E-state index contributed by atoms with van der Waals surface area (Å²) >= 11 is 6.71. The topological polar surface area (TPSA) is 140 Å². The second-order valence-electron chi connectivity index (χ2n) is 28.4. The zero-order chi connectivity index (χ0) is 63.9. The van der Waals surface area contributed by atoms with Crippen LogP contribution in [0.25, 0.3) is 0 Å². The largest absolute Gasteiger partial charge is 0.479 e. The van der Waals surface area contributed by atoms with Gasteiger partial charge < -0.3 is 19.7 Å². The zero-order valence-corrected chi connectivity index (χ0v) is 55.8. The van der Waals surface area contributed by atoms with Crippen LogP contribution in [-0.2, 0) is 28.7 Å². The lowest BCUT2D eigenvalue weighted by Gasteiger charge is -2.31. The summed E-state index contributed by atoms with van der Waals surface area (Å²) in [7, 11) is 2.50. The van der Waals surface area contributed by atoms with Crippen LogP contribution in [-0.4, -0.2) is 165 Å². The molecule has 12 nitrogen and oxygen atoms in total. The maximum Gasteiger partial charge on any atom is 0.345 e. The van der Waals surface area contributed by atoms with E-state index in [2.05, 4.69) is 44.0 Å². The van der Waals surface area contributed by atoms with Crippen LogP contribution in [0.2, 0.25) is 0 Å². The van der Waals surface area contributed by atoms with Gasteiger partial charge in [0.25, 0.3) is 0 Å². The molecule has 2 saturated carbocycles. The molecule has 2 aliphatic carbocycles. The zero-order valence-electron chi connectivity index (χ0n) is 52.6. The minimum Gasteiger partial charge on any atom is -0.479 e. The van der Waals surface area contributed by atoms with E-state index in [0.29, 0.717) is 38.0 Å². The van der Waals surface area contributed by atoms with E-state index in [0.717, 1.165) is 31.2 Å². The Balaban J connectivity index is 0.000000164. The lowest BCUT2D eigenvalue weighted by atomic mass is 9.86. The third-order valence-electron chi connectivity index (χ3n) is 18.4. The number of benzene rings is 4. The normalized spacial score (nSPS) is 28.3. The van der Waals surface area contributed by atoms with Crippen molar-refractivity contribution in [3.8, 4) is 0 Å². The van der Waals surface area contributed by atoms with Crippen molar-refractivity contribution in [1.82, 2.24) is 19.6 Å². The number of halogens is 6. The lowest BCUT2D eigenvalue weighted by molar-refractivity contribution is -0.155. The molecule has 6 aliphatic rings. The van der Waals surface area contributed by atoms with E-state index in [1.54, 1.807) is 12.1 Å². The first-order valence-electron chi connectivity index (χ1n) is 29.9. The van der Waals surface area contributed by atoms with Crippen LogP contribution >= 0.6 is 31.9 Å². The van der Waals surface area contributed by atoms with Gasteiger partial charge in [0, 0.05) is 107 Å². The van der Waals surface area contributed by atoms with Crippen molar-refractivity contribution in [2.45, 2.75) is 189 Å². The summed E-state index contributed by atoms with van der Waals surface area (Å²) in [6, 6.07) is 30.7. The fraction of sp³-hybridized carbons (Fsp3) is 0.588. The number of hydrogen-bond acceptors (Lipinski definition) is 10. The van der Waals surface area contributed by atoms with E-state index in [-0.39, 0.29) is 48.3 Å². The van der Waals surface area contributed by atoms with Crippen LogP contribution in [0.15, 0.2) is 106 Å². The Bertz CT molecular complexity index is 3010. The van der Waals surface area contributed by atoms with E-state index in [4.69, 9.17) is 9.47 Å². The molecule has 6 fully saturated rings. The molecule has 0 aromatic heterocycles. The Labute approximate surface area is 524 Å². The maximum atomic E-state index is 15.6. The van der Waals surface area contributed by atoms with Gasteiger partial charge in [0.15, 0.2) is 0 Å². The third kappa shape index (κ3) is 15.5. The molecule has 8 atom stereocenters. The average molecular weight is 1330 g/mol. The van der Waals surface area contributed by atoms with Crippen LogP contribution in [0, 0.1) is 0 Å². The van der Waals surface area contributed by atoms with Crippen LogP contribution in [0.1, 0.15) is 178 Å². The molecular formula is C68H90Br2F4N4O8. The Morgan fingerprint density at radius 3 is 0.791 bits per heavy atom. The van der Waals surface area contributed by atoms with E-state index in [1.807, 2.05) is 175 Å². The van der Waals surface area contributed by atoms with E-state index < -0.39 is 70.2 Å². The number of nitrogens with zero attached hydrogens (tertiary/aromatic N) is 4. The van der Waals surface area contributed by atoms with Crippen LogP contribution in [0.3, 0.4) is 0 Å². The Morgan fingerprint density at radius 1 is 0.395 bits per heavy atom. The molecule has 0 amide bonds. The first-order chi connectivity index (χ1) is 39.8. The summed E-state index contributed by atoms with van der Waals surface area (Å²) in [4.78, 5) is 55.0. The molecule has 0 unspecified atom stereocenters.